The maximum Gasteiger partial charge on any atom is 0.416 e. The van der Waals surface area contributed by atoms with Gasteiger partial charge >= 0.3 is 6.18 Å². The summed E-state index contributed by atoms with van der Waals surface area (Å²) in [6.45, 7) is 1.57. The van der Waals surface area contributed by atoms with E-state index in [-0.39, 0.29) is 5.56 Å². The Labute approximate surface area is 119 Å². The zero-order valence-electron chi connectivity index (χ0n) is 11.1. The molecule has 2 aromatic rings. The molecule has 0 saturated carbocycles. The van der Waals surface area contributed by atoms with E-state index in [0.29, 0.717) is 17.2 Å². The molecule has 3 rings (SSSR count). The molecule has 0 radical (unpaired) electrons. The van der Waals surface area contributed by atoms with Gasteiger partial charge in [-0.25, -0.2) is 0 Å². The summed E-state index contributed by atoms with van der Waals surface area (Å²) in [7, 11) is 0. The Morgan fingerprint density at radius 2 is 1.71 bits per heavy atom. The normalized spacial score (nSPS) is 20.6. The van der Waals surface area contributed by atoms with Crippen LogP contribution in [0.15, 0.2) is 42.5 Å². The van der Waals surface area contributed by atoms with Gasteiger partial charge in [-0.1, -0.05) is 12.1 Å². The third-order valence-corrected chi connectivity index (χ3v) is 3.29. The van der Waals surface area contributed by atoms with Gasteiger partial charge in [0.15, 0.2) is 11.5 Å². The fourth-order valence-electron chi connectivity index (χ4n) is 2.23. The molecule has 1 unspecified atom stereocenters. The van der Waals surface area contributed by atoms with E-state index in [4.69, 9.17) is 15.2 Å². The molecule has 0 aromatic heterocycles. The average molecular weight is 295 g/mol. The van der Waals surface area contributed by atoms with E-state index < -0.39 is 17.5 Å². The lowest BCUT2D eigenvalue weighted by atomic mass is 10.0. The average Bonchev–Trinajstić information content (AvgIpc) is 2.75. The Bertz CT molecular complexity index is 700. The lowest BCUT2D eigenvalue weighted by molar-refractivity contribution is -0.138. The predicted molar refractivity (Wildman–Crippen MR) is 70.9 cm³/mol. The van der Waals surface area contributed by atoms with Crippen molar-refractivity contribution in [1.82, 2.24) is 0 Å². The van der Waals surface area contributed by atoms with Crippen molar-refractivity contribution in [1.29, 1.82) is 0 Å². The van der Waals surface area contributed by atoms with Gasteiger partial charge in [-0.05, 0) is 24.3 Å². The monoisotopic (exact) mass is 295 g/mol. The molecule has 2 aromatic carbocycles. The number of hydrogen-bond donors (Lipinski definition) is 1. The molecule has 3 nitrogen and oxygen atoms in total. The number of hydrogen-bond acceptors (Lipinski definition) is 3. The number of benzene rings is 2. The van der Waals surface area contributed by atoms with Gasteiger partial charge in [0.1, 0.15) is 0 Å². The van der Waals surface area contributed by atoms with Crippen molar-refractivity contribution in [2.24, 2.45) is 0 Å². The van der Waals surface area contributed by atoms with Crippen LogP contribution in [0.4, 0.5) is 18.9 Å². The lowest BCUT2D eigenvalue weighted by Crippen LogP contribution is -2.31. The van der Waals surface area contributed by atoms with Gasteiger partial charge in [0, 0.05) is 24.2 Å². The fraction of sp³-hybridized carbons (Fsp3) is 0.200. The summed E-state index contributed by atoms with van der Waals surface area (Å²) >= 11 is 0. The molecule has 1 atom stereocenters. The standard InChI is InChI=1S/C15H12F3NO2/c1-14(9-3-2-4-10(7-9)15(16,17)18)20-12-6-5-11(19)8-13(12)21-14/h2-8H,19H2,1H3. The summed E-state index contributed by atoms with van der Waals surface area (Å²) in [6, 6.07) is 9.73. The summed E-state index contributed by atoms with van der Waals surface area (Å²) in [5, 5.41) is 0. The number of alkyl halides is 3. The first-order chi connectivity index (χ1) is 9.78. The van der Waals surface area contributed by atoms with Gasteiger partial charge < -0.3 is 15.2 Å². The Hall–Kier alpha value is -2.37. The second kappa shape index (κ2) is 4.31. The first kappa shape index (κ1) is 13.6. The van der Waals surface area contributed by atoms with Gasteiger partial charge in [0.2, 0.25) is 0 Å². The number of ether oxygens (including phenoxy) is 2. The van der Waals surface area contributed by atoms with Crippen LogP contribution in [0.25, 0.3) is 0 Å². The Morgan fingerprint density at radius 1 is 1.00 bits per heavy atom. The molecule has 0 fully saturated rings. The summed E-state index contributed by atoms with van der Waals surface area (Å²) < 4.78 is 49.7. The molecule has 0 spiro atoms. The van der Waals surface area contributed by atoms with Gasteiger partial charge in [-0.15, -0.1) is 0 Å². The Balaban J connectivity index is 1.99. The van der Waals surface area contributed by atoms with Crippen molar-refractivity contribution in [3.05, 3.63) is 53.6 Å². The number of rotatable bonds is 1. The van der Waals surface area contributed by atoms with Crippen LogP contribution in [0.3, 0.4) is 0 Å². The van der Waals surface area contributed by atoms with Gasteiger partial charge in [-0.2, -0.15) is 13.2 Å². The zero-order valence-corrected chi connectivity index (χ0v) is 11.1. The summed E-state index contributed by atoms with van der Waals surface area (Å²) in [5.74, 6) is -0.448. The highest BCUT2D eigenvalue weighted by Gasteiger charge is 2.40. The molecule has 0 saturated heterocycles. The minimum absolute atomic E-state index is 0.284. The van der Waals surface area contributed by atoms with E-state index in [1.807, 2.05) is 0 Å². The van der Waals surface area contributed by atoms with Crippen LogP contribution in [-0.4, -0.2) is 0 Å². The third-order valence-electron chi connectivity index (χ3n) is 3.29. The van der Waals surface area contributed by atoms with Crippen LogP contribution in [0, 0.1) is 0 Å². The molecule has 6 heteroatoms. The van der Waals surface area contributed by atoms with Crippen LogP contribution >= 0.6 is 0 Å². The Kier molecular flexibility index (Phi) is 2.79. The number of nitrogens with two attached hydrogens (primary N) is 1. The van der Waals surface area contributed by atoms with E-state index in [1.165, 1.54) is 12.1 Å². The lowest BCUT2D eigenvalue weighted by Gasteiger charge is -2.24. The Morgan fingerprint density at radius 3 is 2.43 bits per heavy atom. The number of nitrogen functional groups attached to an aromatic ring is 1. The first-order valence-electron chi connectivity index (χ1n) is 6.23. The summed E-state index contributed by atoms with van der Waals surface area (Å²) in [6.07, 6.45) is -4.41. The van der Waals surface area contributed by atoms with Crippen molar-refractivity contribution in [3.8, 4) is 11.5 Å². The highest BCUT2D eigenvalue weighted by Crippen LogP contribution is 2.45. The van der Waals surface area contributed by atoms with Gasteiger partial charge in [0.05, 0.1) is 5.56 Å². The SMILES string of the molecule is CC1(c2cccc(C(F)(F)F)c2)Oc2ccc(N)cc2O1. The van der Waals surface area contributed by atoms with Crippen LogP contribution < -0.4 is 15.2 Å². The van der Waals surface area contributed by atoms with Crippen LogP contribution in [0.2, 0.25) is 0 Å². The number of fused-ring (bicyclic) bond motifs is 1. The molecule has 0 bridgehead atoms. The first-order valence-corrected chi connectivity index (χ1v) is 6.23. The van der Waals surface area contributed by atoms with E-state index in [9.17, 15) is 13.2 Å². The third kappa shape index (κ3) is 2.37. The minimum Gasteiger partial charge on any atom is -0.445 e. The molecular weight excluding hydrogens is 283 g/mol. The molecule has 0 amide bonds. The fourth-order valence-corrected chi connectivity index (χ4v) is 2.23. The quantitative estimate of drug-likeness (QED) is 0.811. The molecule has 110 valence electrons. The highest BCUT2D eigenvalue weighted by molar-refractivity contribution is 5.54. The number of halogens is 3. The van der Waals surface area contributed by atoms with E-state index in [1.54, 1.807) is 25.1 Å². The maximum atomic E-state index is 12.8. The van der Waals surface area contributed by atoms with Crippen LogP contribution in [-0.2, 0) is 12.0 Å². The molecule has 0 aliphatic carbocycles. The van der Waals surface area contributed by atoms with Gasteiger partial charge in [-0.3, -0.25) is 0 Å². The van der Waals surface area contributed by atoms with Crippen molar-refractivity contribution in [3.63, 3.8) is 0 Å². The van der Waals surface area contributed by atoms with Crippen molar-refractivity contribution < 1.29 is 22.6 Å². The smallest absolute Gasteiger partial charge is 0.416 e. The summed E-state index contributed by atoms with van der Waals surface area (Å²) in [5.41, 5.74) is 5.68. The second-order valence-corrected chi connectivity index (χ2v) is 4.93. The van der Waals surface area contributed by atoms with Crippen molar-refractivity contribution in [2.75, 3.05) is 5.73 Å². The summed E-state index contributed by atoms with van der Waals surface area (Å²) in [4.78, 5) is 0. The molecule has 21 heavy (non-hydrogen) atoms. The predicted octanol–water partition coefficient (Wildman–Crippen LogP) is 3.93. The second-order valence-electron chi connectivity index (χ2n) is 4.93. The largest absolute Gasteiger partial charge is 0.445 e. The van der Waals surface area contributed by atoms with Crippen LogP contribution in [0.5, 0.6) is 11.5 Å². The molecular formula is C15H12F3NO2. The highest BCUT2D eigenvalue weighted by atomic mass is 19.4. The van der Waals surface area contributed by atoms with Crippen LogP contribution in [0.1, 0.15) is 18.1 Å². The van der Waals surface area contributed by atoms with Crippen molar-refractivity contribution in [2.45, 2.75) is 18.9 Å². The van der Waals surface area contributed by atoms with E-state index >= 15 is 0 Å². The number of anilines is 1. The molecule has 1 aliphatic rings. The van der Waals surface area contributed by atoms with E-state index in [2.05, 4.69) is 0 Å². The molecule has 2 N–H and O–H groups in total. The van der Waals surface area contributed by atoms with Gasteiger partial charge in [0.25, 0.3) is 5.79 Å². The van der Waals surface area contributed by atoms with E-state index in [0.717, 1.165) is 12.1 Å². The minimum atomic E-state index is -4.41. The molecule has 1 aliphatic heterocycles. The topological polar surface area (TPSA) is 44.5 Å². The maximum absolute atomic E-state index is 12.8. The zero-order chi connectivity index (χ0) is 15.3. The van der Waals surface area contributed by atoms with Crippen molar-refractivity contribution >= 4 is 5.69 Å². The molecule has 1 heterocycles.